The minimum atomic E-state index is -0.265. The van der Waals surface area contributed by atoms with Gasteiger partial charge in [-0.1, -0.05) is 68.3 Å². The van der Waals surface area contributed by atoms with Crippen molar-refractivity contribution in [3.63, 3.8) is 0 Å². The van der Waals surface area contributed by atoms with E-state index >= 15 is 0 Å². The molecule has 9 heteroatoms. The summed E-state index contributed by atoms with van der Waals surface area (Å²) in [5, 5.41) is 8.60. The summed E-state index contributed by atoms with van der Waals surface area (Å²) in [4.78, 5) is 0. The van der Waals surface area contributed by atoms with Crippen LogP contribution in [0.2, 0.25) is 0 Å². The van der Waals surface area contributed by atoms with Gasteiger partial charge in [0.1, 0.15) is 23.1 Å². The molecule has 0 amide bonds. The van der Waals surface area contributed by atoms with Crippen LogP contribution in [0.5, 0.6) is 11.5 Å². The van der Waals surface area contributed by atoms with Crippen LogP contribution in [0, 0.1) is 11.6 Å². The highest BCUT2D eigenvalue weighted by Crippen LogP contribution is 2.19. The molecule has 4 rings (SSSR count). The number of benzene rings is 4. The highest BCUT2D eigenvalue weighted by atomic mass is 79.9. The van der Waals surface area contributed by atoms with Crippen molar-refractivity contribution in [3.05, 3.63) is 128 Å². The first-order chi connectivity index (χ1) is 19.8. The van der Waals surface area contributed by atoms with Crippen LogP contribution >= 0.6 is 43.5 Å². The van der Waals surface area contributed by atoms with Crippen molar-refractivity contribution in [2.45, 2.75) is 25.3 Å². The molecule has 0 aromatic heterocycles. The summed E-state index contributed by atoms with van der Waals surface area (Å²) in [6.45, 7) is 1.24. The zero-order valence-corrected chi connectivity index (χ0v) is 26.8. The van der Waals surface area contributed by atoms with Crippen LogP contribution in [-0.4, -0.2) is 32.5 Å². The van der Waals surface area contributed by atoms with Gasteiger partial charge in [0.25, 0.3) is 0 Å². The predicted octanol–water partition coefficient (Wildman–Crippen LogP) is 8.91. The molecule has 0 unspecified atom stereocenters. The Bertz CT molecular complexity index is 1280. The zero-order chi connectivity index (χ0) is 30.0. The monoisotopic (exact) mass is 712 g/mol. The maximum Gasteiger partial charge on any atom is 0.124 e. The largest absolute Gasteiger partial charge is 0.497 e. The standard InChI is InChI=1S/C16H16BrFO2.C8H8BrFO.C8H9ClO/c1-19-15-6-2-12(3-7-15)11-20-9-8-13-4-5-14(18)10-16(13)17;9-8-5-7(10)2-1-6(8)3-4-11;1-10-8-4-2-7(6-9)3-5-8/h2-7,10H,8-9,11H2,1H3;1-2,5,11H,3-4H2;2-5H,6H2,1H3. The van der Waals surface area contributed by atoms with E-state index in [-0.39, 0.29) is 18.2 Å². The highest BCUT2D eigenvalue weighted by Gasteiger charge is 2.02. The van der Waals surface area contributed by atoms with Gasteiger partial charge < -0.3 is 19.3 Å². The normalized spacial score (nSPS) is 10.1. The summed E-state index contributed by atoms with van der Waals surface area (Å²) in [6.07, 6.45) is 1.30. The summed E-state index contributed by atoms with van der Waals surface area (Å²) in [5.41, 5.74) is 4.18. The topological polar surface area (TPSA) is 47.9 Å². The number of hydrogen-bond acceptors (Lipinski definition) is 4. The summed E-state index contributed by atoms with van der Waals surface area (Å²) >= 11 is 12.1. The molecule has 1 N–H and O–H groups in total. The van der Waals surface area contributed by atoms with Crippen LogP contribution < -0.4 is 9.47 Å². The van der Waals surface area contributed by atoms with E-state index in [0.717, 1.165) is 44.6 Å². The lowest BCUT2D eigenvalue weighted by Gasteiger charge is -2.07. The van der Waals surface area contributed by atoms with Crippen LogP contribution in [0.3, 0.4) is 0 Å². The van der Waals surface area contributed by atoms with Crippen molar-refractivity contribution in [1.29, 1.82) is 0 Å². The first-order valence-corrected chi connectivity index (χ1v) is 14.8. The van der Waals surface area contributed by atoms with Crippen molar-refractivity contribution in [2.24, 2.45) is 0 Å². The van der Waals surface area contributed by atoms with E-state index in [1.807, 2.05) is 48.5 Å². The highest BCUT2D eigenvalue weighted by molar-refractivity contribution is 9.10. The lowest BCUT2D eigenvalue weighted by atomic mass is 10.1. The van der Waals surface area contributed by atoms with Crippen LogP contribution in [0.25, 0.3) is 0 Å². The van der Waals surface area contributed by atoms with Gasteiger partial charge in [0.2, 0.25) is 0 Å². The van der Waals surface area contributed by atoms with E-state index in [4.69, 9.17) is 30.9 Å². The molecule has 0 saturated heterocycles. The summed E-state index contributed by atoms with van der Waals surface area (Å²) < 4.78 is 42.6. The molecule has 4 nitrogen and oxygen atoms in total. The van der Waals surface area contributed by atoms with Crippen molar-refractivity contribution in [3.8, 4) is 11.5 Å². The molecular weight excluding hydrogens is 682 g/mol. The Labute approximate surface area is 262 Å². The SMILES string of the molecule is COc1ccc(CCl)cc1.COc1ccc(COCCc2ccc(F)cc2Br)cc1.OCCc1ccc(F)cc1Br. The van der Waals surface area contributed by atoms with Crippen LogP contribution in [0.15, 0.2) is 93.9 Å². The summed E-state index contributed by atoms with van der Waals surface area (Å²) in [5.74, 6) is 1.76. The molecule has 0 aliphatic rings. The molecule has 0 saturated carbocycles. The Kier molecular flexibility index (Phi) is 16.6. The Hall–Kier alpha value is -2.49. The van der Waals surface area contributed by atoms with Crippen LogP contribution in [0.1, 0.15) is 22.3 Å². The fraction of sp³-hybridized carbons (Fsp3) is 0.250. The van der Waals surface area contributed by atoms with Crippen LogP contribution in [-0.2, 0) is 30.1 Å². The average molecular weight is 715 g/mol. The fourth-order valence-corrected chi connectivity index (χ4v) is 4.65. The van der Waals surface area contributed by atoms with Gasteiger partial charge in [0.15, 0.2) is 0 Å². The Morgan fingerprint density at radius 2 is 1.15 bits per heavy atom. The van der Waals surface area contributed by atoms with Gasteiger partial charge in [0.05, 0.1) is 27.4 Å². The molecule has 41 heavy (non-hydrogen) atoms. The quantitative estimate of drug-likeness (QED) is 0.132. The molecule has 220 valence electrons. The van der Waals surface area contributed by atoms with Gasteiger partial charge in [-0.15, -0.1) is 11.6 Å². The minimum Gasteiger partial charge on any atom is -0.497 e. The van der Waals surface area contributed by atoms with Gasteiger partial charge in [-0.3, -0.25) is 0 Å². The maximum atomic E-state index is 12.9. The van der Waals surface area contributed by atoms with Crippen molar-refractivity contribution in [2.75, 3.05) is 27.4 Å². The average Bonchev–Trinajstić information content (AvgIpc) is 2.99. The number of rotatable bonds is 10. The number of hydrogen-bond donors (Lipinski definition) is 1. The Balaban J connectivity index is 0.000000236. The van der Waals surface area contributed by atoms with Crippen LogP contribution in [0.4, 0.5) is 8.78 Å². The van der Waals surface area contributed by atoms with Gasteiger partial charge in [-0.2, -0.15) is 0 Å². The molecule has 0 aliphatic heterocycles. The van der Waals surface area contributed by atoms with Crippen molar-refractivity contribution < 1.29 is 28.1 Å². The van der Waals surface area contributed by atoms with E-state index in [0.29, 0.717) is 30.0 Å². The maximum absolute atomic E-state index is 12.9. The summed E-state index contributed by atoms with van der Waals surface area (Å²) in [6, 6.07) is 24.6. The molecule has 0 fully saturated rings. The van der Waals surface area contributed by atoms with Crippen molar-refractivity contribution >= 4 is 43.5 Å². The first kappa shape index (κ1) is 34.7. The van der Waals surface area contributed by atoms with E-state index < -0.39 is 0 Å². The van der Waals surface area contributed by atoms with Gasteiger partial charge in [-0.05, 0) is 83.6 Å². The van der Waals surface area contributed by atoms with Gasteiger partial charge >= 0.3 is 0 Å². The molecule has 4 aromatic carbocycles. The summed E-state index contributed by atoms with van der Waals surface area (Å²) in [7, 11) is 3.29. The predicted molar refractivity (Wildman–Crippen MR) is 168 cm³/mol. The van der Waals surface area contributed by atoms with E-state index in [9.17, 15) is 8.78 Å². The molecule has 0 radical (unpaired) electrons. The molecule has 0 heterocycles. The molecule has 0 bridgehead atoms. The number of halogens is 5. The third-order valence-corrected chi connectivity index (χ3v) is 7.45. The lowest BCUT2D eigenvalue weighted by Crippen LogP contribution is -2.00. The number of alkyl halides is 1. The third-order valence-electron chi connectivity index (χ3n) is 5.67. The van der Waals surface area contributed by atoms with E-state index in [1.54, 1.807) is 26.4 Å². The fourth-order valence-electron chi connectivity index (χ4n) is 3.38. The second-order valence-electron chi connectivity index (χ2n) is 8.58. The number of methoxy groups -OCH3 is 2. The van der Waals surface area contributed by atoms with Gasteiger partial charge in [0, 0.05) is 21.4 Å². The third kappa shape index (κ3) is 13.4. The molecule has 0 aliphatic carbocycles. The van der Waals surface area contributed by atoms with Gasteiger partial charge in [-0.25, -0.2) is 8.78 Å². The molecule has 0 spiro atoms. The Morgan fingerprint density at radius 3 is 1.56 bits per heavy atom. The molecule has 0 atom stereocenters. The molecular formula is C32H33Br2ClF2O4. The number of aliphatic hydroxyl groups is 1. The zero-order valence-electron chi connectivity index (χ0n) is 22.9. The smallest absolute Gasteiger partial charge is 0.124 e. The van der Waals surface area contributed by atoms with E-state index in [1.165, 1.54) is 24.3 Å². The molecule has 4 aromatic rings. The first-order valence-electron chi connectivity index (χ1n) is 12.7. The van der Waals surface area contributed by atoms with E-state index in [2.05, 4.69) is 31.9 Å². The minimum absolute atomic E-state index is 0.0875. The van der Waals surface area contributed by atoms with Crippen molar-refractivity contribution in [1.82, 2.24) is 0 Å². The second kappa shape index (κ2) is 19.6. The second-order valence-corrected chi connectivity index (χ2v) is 10.6. The number of ether oxygens (including phenoxy) is 3. The number of aliphatic hydroxyl groups excluding tert-OH is 1. The Morgan fingerprint density at radius 1 is 0.683 bits per heavy atom. The lowest BCUT2D eigenvalue weighted by molar-refractivity contribution is 0.123.